The second-order valence-electron chi connectivity index (χ2n) is 4.45. The van der Waals surface area contributed by atoms with E-state index in [1.165, 1.54) is 32.1 Å². The Bertz CT molecular complexity index is 153. The molecule has 1 fully saturated rings. The van der Waals surface area contributed by atoms with Gasteiger partial charge in [-0.2, -0.15) is 0 Å². The van der Waals surface area contributed by atoms with Crippen LogP contribution in [0.2, 0.25) is 0 Å². The zero-order chi connectivity index (χ0) is 10.9. The summed E-state index contributed by atoms with van der Waals surface area (Å²) in [7, 11) is 0. The first-order valence-electron chi connectivity index (χ1n) is 6.39. The molecule has 0 aromatic rings. The predicted molar refractivity (Wildman–Crippen MR) is 63.9 cm³/mol. The summed E-state index contributed by atoms with van der Waals surface area (Å²) in [5.74, 6) is 0.695. The summed E-state index contributed by atoms with van der Waals surface area (Å²) in [6.45, 7) is 5.74. The highest BCUT2D eigenvalue weighted by molar-refractivity contribution is 4.83. The summed E-state index contributed by atoms with van der Waals surface area (Å²) in [5, 5.41) is 3.55. The number of hydrogen-bond donors (Lipinski definition) is 2. The monoisotopic (exact) mass is 214 g/mol. The van der Waals surface area contributed by atoms with Crippen molar-refractivity contribution in [1.29, 1.82) is 0 Å². The molecule has 1 rings (SSSR count). The third-order valence-electron chi connectivity index (χ3n) is 3.26. The quantitative estimate of drug-likeness (QED) is 0.602. The molecule has 1 saturated carbocycles. The van der Waals surface area contributed by atoms with Gasteiger partial charge in [-0.3, -0.25) is 0 Å². The third kappa shape index (κ3) is 4.96. The van der Waals surface area contributed by atoms with Crippen molar-refractivity contribution in [1.82, 2.24) is 5.32 Å². The number of rotatable bonds is 8. The molecule has 0 radical (unpaired) electrons. The van der Waals surface area contributed by atoms with E-state index < -0.39 is 0 Å². The van der Waals surface area contributed by atoms with Crippen LogP contribution < -0.4 is 11.1 Å². The summed E-state index contributed by atoms with van der Waals surface area (Å²) in [5.41, 5.74) is 5.72. The molecule has 0 amide bonds. The van der Waals surface area contributed by atoms with Crippen LogP contribution in [0.25, 0.3) is 0 Å². The van der Waals surface area contributed by atoms with E-state index in [9.17, 15) is 0 Å². The van der Waals surface area contributed by atoms with E-state index in [4.69, 9.17) is 10.5 Å². The molecule has 0 spiro atoms. The average molecular weight is 214 g/mol. The Morgan fingerprint density at radius 2 is 2.20 bits per heavy atom. The third-order valence-corrected chi connectivity index (χ3v) is 3.26. The lowest BCUT2D eigenvalue weighted by molar-refractivity contribution is 0.129. The van der Waals surface area contributed by atoms with E-state index >= 15 is 0 Å². The van der Waals surface area contributed by atoms with Crippen molar-refractivity contribution in [2.75, 3.05) is 26.3 Å². The maximum atomic E-state index is 5.72. The molecule has 0 heterocycles. The van der Waals surface area contributed by atoms with Gasteiger partial charge in [0.25, 0.3) is 0 Å². The Morgan fingerprint density at radius 1 is 1.33 bits per heavy atom. The molecule has 2 unspecified atom stereocenters. The molecule has 3 nitrogen and oxygen atoms in total. The van der Waals surface area contributed by atoms with Gasteiger partial charge in [0.05, 0.1) is 6.61 Å². The largest absolute Gasteiger partial charge is 0.380 e. The summed E-state index contributed by atoms with van der Waals surface area (Å²) in [6, 6.07) is 0.643. The Balaban J connectivity index is 1.95. The van der Waals surface area contributed by atoms with Gasteiger partial charge in [0, 0.05) is 19.2 Å². The molecule has 90 valence electrons. The van der Waals surface area contributed by atoms with Crippen LogP contribution in [0.4, 0.5) is 0 Å². The molecule has 0 saturated heterocycles. The second kappa shape index (κ2) is 8.08. The minimum absolute atomic E-state index is 0.643. The van der Waals surface area contributed by atoms with E-state index in [0.29, 0.717) is 12.0 Å². The molecule has 0 bridgehead atoms. The topological polar surface area (TPSA) is 47.3 Å². The molecule has 0 aliphatic heterocycles. The van der Waals surface area contributed by atoms with Gasteiger partial charge >= 0.3 is 0 Å². The number of unbranched alkanes of at least 4 members (excludes halogenated alkanes) is 1. The average Bonchev–Trinajstić information content (AvgIpc) is 2.70. The zero-order valence-corrected chi connectivity index (χ0v) is 10.0. The van der Waals surface area contributed by atoms with Crippen molar-refractivity contribution in [2.24, 2.45) is 11.7 Å². The first-order valence-corrected chi connectivity index (χ1v) is 6.39. The second-order valence-corrected chi connectivity index (χ2v) is 4.45. The fraction of sp³-hybridized carbons (Fsp3) is 1.00. The molecule has 1 aliphatic carbocycles. The summed E-state index contributed by atoms with van der Waals surface area (Å²) in [4.78, 5) is 0. The summed E-state index contributed by atoms with van der Waals surface area (Å²) < 4.78 is 5.51. The van der Waals surface area contributed by atoms with Crippen LogP contribution >= 0.6 is 0 Å². The van der Waals surface area contributed by atoms with E-state index in [2.05, 4.69) is 12.2 Å². The highest BCUT2D eigenvalue weighted by atomic mass is 16.5. The fourth-order valence-electron chi connectivity index (χ4n) is 2.25. The van der Waals surface area contributed by atoms with Gasteiger partial charge in [0.15, 0.2) is 0 Å². The van der Waals surface area contributed by atoms with Gasteiger partial charge in [0.2, 0.25) is 0 Å². The highest BCUT2D eigenvalue weighted by Crippen LogP contribution is 2.24. The van der Waals surface area contributed by atoms with Crippen LogP contribution in [0.15, 0.2) is 0 Å². The van der Waals surface area contributed by atoms with Crippen molar-refractivity contribution in [3.05, 3.63) is 0 Å². The zero-order valence-electron chi connectivity index (χ0n) is 10.0. The minimum atomic E-state index is 0.643. The van der Waals surface area contributed by atoms with Crippen molar-refractivity contribution >= 4 is 0 Å². The lowest BCUT2D eigenvalue weighted by Crippen LogP contribution is -2.37. The predicted octanol–water partition coefficient (Wildman–Crippen LogP) is 1.52. The number of nitrogens with one attached hydrogen (secondary N) is 1. The molecule has 15 heavy (non-hydrogen) atoms. The van der Waals surface area contributed by atoms with Crippen molar-refractivity contribution in [2.45, 2.75) is 45.1 Å². The number of hydrogen-bond acceptors (Lipinski definition) is 3. The normalized spacial score (nSPS) is 26.0. The van der Waals surface area contributed by atoms with E-state index in [1.807, 2.05) is 0 Å². The van der Waals surface area contributed by atoms with Gasteiger partial charge < -0.3 is 15.8 Å². The lowest BCUT2D eigenvalue weighted by Gasteiger charge is -2.19. The van der Waals surface area contributed by atoms with Crippen LogP contribution in [0.1, 0.15) is 39.0 Å². The molecule has 2 atom stereocenters. The van der Waals surface area contributed by atoms with Crippen LogP contribution in [-0.2, 0) is 4.74 Å². The summed E-state index contributed by atoms with van der Waals surface area (Å²) >= 11 is 0. The molecule has 3 heteroatoms. The Kier molecular flexibility index (Phi) is 6.98. The van der Waals surface area contributed by atoms with Gasteiger partial charge in [-0.25, -0.2) is 0 Å². The molecule has 1 aliphatic rings. The minimum Gasteiger partial charge on any atom is -0.380 e. The van der Waals surface area contributed by atoms with Crippen LogP contribution in [0, 0.1) is 5.92 Å². The molecular formula is C12H26N2O. The summed E-state index contributed by atoms with van der Waals surface area (Å²) in [6.07, 6.45) is 6.30. The smallest absolute Gasteiger partial charge is 0.0591 e. The lowest BCUT2D eigenvalue weighted by atomic mass is 10.0. The Morgan fingerprint density at radius 3 is 2.93 bits per heavy atom. The van der Waals surface area contributed by atoms with Gasteiger partial charge in [-0.1, -0.05) is 19.8 Å². The molecule has 3 N–H and O–H groups in total. The highest BCUT2D eigenvalue weighted by Gasteiger charge is 2.24. The van der Waals surface area contributed by atoms with E-state index in [1.54, 1.807) is 0 Å². The standard InChI is InChI=1S/C12H26N2O/c1-2-3-8-15-9-7-14-12-6-4-5-11(12)10-13/h11-12,14H,2-10,13H2,1H3. The van der Waals surface area contributed by atoms with E-state index in [0.717, 1.165) is 26.3 Å². The molecule has 0 aromatic heterocycles. The van der Waals surface area contributed by atoms with Gasteiger partial charge in [-0.05, 0) is 31.7 Å². The molecular weight excluding hydrogens is 188 g/mol. The van der Waals surface area contributed by atoms with Crippen LogP contribution in [-0.4, -0.2) is 32.3 Å². The van der Waals surface area contributed by atoms with Crippen molar-refractivity contribution in [3.8, 4) is 0 Å². The number of nitrogens with two attached hydrogens (primary N) is 1. The SMILES string of the molecule is CCCCOCCNC1CCCC1CN. The van der Waals surface area contributed by atoms with Gasteiger partial charge in [0.1, 0.15) is 0 Å². The maximum Gasteiger partial charge on any atom is 0.0591 e. The van der Waals surface area contributed by atoms with Crippen LogP contribution in [0.5, 0.6) is 0 Å². The Hall–Kier alpha value is -0.120. The van der Waals surface area contributed by atoms with Crippen molar-refractivity contribution in [3.63, 3.8) is 0 Å². The fourth-order valence-corrected chi connectivity index (χ4v) is 2.25. The first-order chi connectivity index (χ1) is 7.38. The van der Waals surface area contributed by atoms with E-state index in [-0.39, 0.29) is 0 Å². The number of ether oxygens (including phenoxy) is 1. The molecule has 0 aromatic carbocycles. The first kappa shape index (κ1) is 12.9. The van der Waals surface area contributed by atoms with Crippen molar-refractivity contribution < 1.29 is 4.74 Å². The maximum absolute atomic E-state index is 5.72. The Labute approximate surface area is 93.8 Å². The van der Waals surface area contributed by atoms with Gasteiger partial charge in [-0.15, -0.1) is 0 Å². The van der Waals surface area contributed by atoms with Crippen LogP contribution in [0.3, 0.4) is 0 Å².